The molecule has 1 saturated heterocycles. The van der Waals surface area contributed by atoms with Crippen molar-refractivity contribution in [3.63, 3.8) is 0 Å². The molecule has 3 rings (SSSR count). The average Bonchev–Trinajstić information content (AvgIpc) is 2.75. The van der Waals surface area contributed by atoms with Crippen molar-refractivity contribution in [1.82, 2.24) is 4.31 Å². The summed E-state index contributed by atoms with van der Waals surface area (Å²) in [6.45, 7) is 2.86. The first-order chi connectivity index (χ1) is 14.0. The van der Waals surface area contributed by atoms with Gasteiger partial charge in [-0.3, -0.25) is 4.79 Å². The van der Waals surface area contributed by atoms with Crippen molar-refractivity contribution in [3.05, 3.63) is 65.7 Å². The summed E-state index contributed by atoms with van der Waals surface area (Å²) in [7, 11) is -3.35. The quantitative estimate of drug-likeness (QED) is 0.713. The lowest BCUT2D eigenvalue weighted by molar-refractivity contribution is -0.120. The van der Waals surface area contributed by atoms with Crippen LogP contribution in [0.1, 0.15) is 37.3 Å². The van der Waals surface area contributed by atoms with Crippen LogP contribution < -0.4 is 5.32 Å². The molecule has 0 unspecified atom stereocenters. The Kier molecular flexibility index (Phi) is 7.45. The highest BCUT2D eigenvalue weighted by Gasteiger charge is 2.32. The largest absolute Gasteiger partial charge is 0.326 e. The van der Waals surface area contributed by atoms with E-state index in [0.29, 0.717) is 19.4 Å². The second kappa shape index (κ2) is 10.0. The molecule has 0 bridgehead atoms. The summed E-state index contributed by atoms with van der Waals surface area (Å²) in [5.41, 5.74) is 3.12. The minimum Gasteiger partial charge on any atom is -0.326 e. The van der Waals surface area contributed by atoms with E-state index in [0.717, 1.165) is 30.5 Å². The molecule has 1 aliphatic heterocycles. The molecule has 1 amide bonds. The van der Waals surface area contributed by atoms with Gasteiger partial charge < -0.3 is 5.32 Å². The second-order valence-electron chi connectivity index (χ2n) is 7.64. The highest BCUT2D eigenvalue weighted by molar-refractivity contribution is 7.89. The molecular weight excluding hydrogens is 384 g/mol. The standard InChI is InChI=1S/C23H30N2O3S/c1-2-19-12-14-22(15-13-19)24-23(26)21-11-6-16-25(18-21)29(27,28)17-7-10-20-8-4-3-5-9-20/h3-5,8-9,12-15,21H,2,6-7,10-11,16-18H2,1H3,(H,24,26)/t21-/m0/s1. The zero-order valence-electron chi connectivity index (χ0n) is 17.0. The number of carbonyl (C=O) groups is 1. The number of aryl methyl sites for hydroxylation is 2. The third-order valence-electron chi connectivity index (χ3n) is 5.49. The maximum Gasteiger partial charge on any atom is 0.228 e. The zero-order chi connectivity index (χ0) is 20.7. The van der Waals surface area contributed by atoms with Gasteiger partial charge >= 0.3 is 0 Å². The number of anilines is 1. The molecular formula is C23H30N2O3S. The summed E-state index contributed by atoms with van der Waals surface area (Å²) >= 11 is 0. The molecule has 2 aromatic rings. The number of hydrogen-bond donors (Lipinski definition) is 1. The van der Waals surface area contributed by atoms with Gasteiger partial charge in [-0.2, -0.15) is 0 Å². The predicted octanol–water partition coefficient (Wildman–Crippen LogP) is 3.86. The van der Waals surface area contributed by atoms with E-state index in [1.807, 2.05) is 54.6 Å². The van der Waals surface area contributed by atoms with E-state index >= 15 is 0 Å². The molecule has 1 aliphatic rings. The Morgan fingerprint density at radius 2 is 1.79 bits per heavy atom. The number of piperidine rings is 1. The number of sulfonamides is 1. The lowest BCUT2D eigenvalue weighted by Crippen LogP contribution is -2.44. The summed E-state index contributed by atoms with van der Waals surface area (Å²) in [6.07, 6.45) is 3.71. The SMILES string of the molecule is CCc1ccc(NC(=O)[C@H]2CCCN(S(=O)(=O)CCCc3ccccc3)C2)cc1. The Hall–Kier alpha value is -2.18. The van der Waals surface area contributed by atoms with Crippen molar-refractivity contribution in [2.24, 2.45) is 5.92 Å². The first-order valence-electron chi connectivity index (χ1n) is 10.4. The minimum absolute atomic E-state index is 0.0987. The number of benzene rings is 2. The van der Waals surface area contributed by atoms with Gasteiger partial charge in [-0.1, -0.05) is 49.4 Å². The summed E-state index contributed by atoms with van der Waals surface area (Å²) in [5, 5.41) is 2.94. The van der Waals surface area contributed by atoms with Crippen molar-refractivity contribution in [3.8, 4) is 0 Å². The molecule has 5 nitrogen and oxygen atoms in total. The van der Waals surface area contributed by atoms with Crippen molar-refractivity contribution in [2.45, 2.75) is 39.0 Å². The van der Waals surface area contributed by atoms with Crippen molar-refractivity contribution < 1.29 is 13.2 Å². The van der Waals surface area contributed by atoms with Crippen LogP contribution in [0, 0.1) is 5.92 Å². The molecule has 0 saturated carbocycles. The van der Waals surface area contributed by atoms with Gasteiger partial charge in [0.15, 0.2) is 0 Å². The summed E-state index contributed by atoms with van der Waals surface area (Å²) in [4.78, 5) is 12.7. The van der Waals surface area contributed by atoms with Gasteiger partial charge in [-0.15, -0.1) is 0 Å². The average molecular weight is 415 g/mol. The third kappa shape index (κ3) is 6.15. The number of nitrogens with one attached hydrogen (secondary N) is 1. The summed E-state index contributed by atoms with van der Waals surface area (Å²) < 4.78 is 27.0. The molecule has 1 fully saturated rings. The lowest BCUT2D eigenvalue weighted by Gasteiger charge is -2.31. The Morgan fingerprint density at radius 1 is 1.07 bits per heavy atom. The fraction of sp³-hybridized carbons (Fsp3) is 0.435. The summed E-state index contributed by atoms with van der Waals surface area (Å²) in [5.74, 6) is -0.286. The van der Waals surface area contributed by atoms with E-state index < -0.39 is 10.0 Å². The van der Waals surface area contributed by atoms with Crippen LogP contribution in [0.4, 0.5) is 5.69 Å². The van der Waals surface area contributed by atoms with Crippen molar-refractivity contribution in [2.75, 3.05) is 24.2 Å². The van der Waals surface area contributed by atoms with E-state index in [9.17, 15) is 13.2 Å². The van der Waals surface area contributed by atoms with Crippen LogP contribution in [-0.2, 0) is 27.7 Å². The molecule has 0 aliphatic carbocycles. The van der Waals surface area contributed by atoms with Gasteiger partial charge in [0.05, 0.1) is 11.7 Å². The van der Waals surface area contributed by atoms with Gasteiger partial charge in [-0.25, -0.2) is 12.7 Å². The normalized spacial score (nSPS) is 17.8. The van der Waals surface area contributed by atoms with Crippen LogP contribution in [0.2, 0.25) is 0 Å². The molecule has 156 valence electrons. The Bertz CT molecular complexity index is 895. The molecule has 6 heteroatoms. The lowest BCUT2D eigenvalue weighted by atomic mass is 9.98. The second-order valence-corrected chi connectivity index (χ2v) is 9.73. The number of amides is 1. The molecule has 2 aromatic carbocycles. The predicted molar refractivity (Wildman–Crippen MR) is 117 cm³/mol. The van der Waals surface area contributed by atoms with Gasteiger partial charge in [0.2, 0.25) is 15.9 Å². The van der Waals surface area contributed by atoms with E-state index in [4.69, 9.17) is 0 Å². The van der Waals surface area contributed by atoms with Gasteiger partial charge in [0, 0.05) is 18.8 Å². The minimum atomic E-state index is -3.35. The number of carbonyl (C=O) groups excluding carboxylic acids is 1. The van der Waals surface area contributed by atoms with Crippen LogP contribution in [0.3, 0.4) is 0 Å². The zero-order valence-corrected chi connectivity index (χ0v) is 17.8. The van der Waals surface area contributed by atoms with E-state index in [2.05, 4.69) is 12.2 Å². The fourth-order valence-electron chi connectivity index (χ4n) is 3.71. The number of nitrogens with zero attached hydrogens (tertiary/aromatic N) is 1. The van der Waals surface area contributed by atoms with Gasteiger partial charge in [-0.05, 0) is 55.4 Å². The van der Waals surface area contributed by atoms with Crippen LogP contribution >= 0.6 is 0 Å². The number of hydrogen-bond acceptors (Lipinski definition) is 3. The van der Waals surface area contributed by atoms with Gasteiger partial charge in [0.25, 0.3) is 0 Å². The maximum atomic E-state index is 12.8. The Labute approximate surface area is 174 Å². The van der Waals surface area contributed by atoms with E-state index in [1.54, 1.807) is 0 Å². The maximum absolute atomic E-state index is 12.8. The van der Waals surface area contributed by atoms with Crippen LogP contribution in [-0.4, -0.2) is 37.5 Å². The topological polar surface area (TPSA) is 66.5 Å². The first kappa shape index (κ1) is 21.5. The molecule has 1 heterocycles. The number of rotatable bonds is 8. The molecule has 1 N–H and O–H groups in total. The fourth-order valence-corrected chi connectivity index (χ4v) is 5.29. The van der Waals surface area contributed by atoms with Crippen LogP contribution in [0.5, 0.6) is 0 Å². The first-order valence-corrected chi connectivity index (χ1v) is 12.0. The van der Waals surface area contributed by atoms with Crippen molar-refractivity contribution >= 4 is 21.6 Å². The molecule has 0 radical (unpaired) electrons. The highest BCUT2D eigenvalue weighted by atomic mass is 32.2. The highest BCUT2D eigenvalue weighted by Crippen LogP contribution is 2.22. The van der Waals surface area contributed by atoms with Gasteiger partial charge in [0.1, 0.15) is 0 Å². The smallest absolute Gasteiger partial charge is 0.228 e. The summed E-state index contributed by atoms with van der Waals surface area (Å²) in [6, 6.07) is 17.7. The van der Waals surface area contributed by atoms with Crippen LogP contribution in [0.25, 0.3) is 0 Å². The molecule has 0 spiro atoms. The van der Waals surface area contributed by atoms with Crippen molar-refractivity contribution in [1.29, 1.82) is 0 Å². The molecule has 29 heavy (non-hydrogen) atoms. The van der Waals surface area contributed by atoms with Crippen LogP contribution in [0.15, 0.2) is 54.6 Å². The Balaban J connectivity index is 1.53. The Morgan fingerprint density at radius 3 is 2.48 bits per heavy atom. The molecule has 0 aromatic heterocycles. The third-order valence-corrected chi connectivity index (χ3v) is 7.41. The molecule has 1 atom stereocenters. The monoisotopic (exact) mass is 414 g/mol. The van der Waals surface area contributed by atoms with E-state index in [-0.39, 0.29) is 24.1 Å². The van der Waals surface area contributed by atoms with E-state index in [1.165, 1.54) is 9.87 Å².